The van der Waals surface area contributed by atoms with Crippen molar-refractivity contribution >= 4 is 29.2 Å². The fraction of sp³-hybridized carbons (Fsp3) is 0.348. The highest BCUT2D eigenvalue weighted by Crippen LogP contribution is 2.22. The van der Waals surface area contributed by atoms with E-state index in [1.807, 2.05) is 48.5 Å². The molecule has 174 valence electrons. The zero-order chi connectivity index (χ0) is 22.9. The second kappa shape index (κ2) is 11.3. The Morgan fingerprint density at radius 3 is 1.73 bits per heavy atom. The lowest BCUT2D eigenvalue weighted by molar-refractivity contribution is -0.906. The molecule has 1 aliphatic heterocycles. The normalized spacial score (nSPS) is 13.9. The molecule has 33 heavy (non-hydrogen) atoms. The Morgan fingerprint density at radius 1 is 0.758 bits per heavy atom. The number of methoxy groups -OCH3 is 2. The van der Waals surface area contributed by atoms with Crippen molar-refractivity contribution in [2.75, 3.05) is 69.6 Å². The average molecular weight is 453 g/mol. The van der Waals surface area contributed by atoms with Gasteiger partial charge in [-0.15, -0.1) is 0 Å². The predicted molar refractivity (Wildman–Crippen MR) is 127 cm³/mol. The van der Waals surface area contributed by atoms with Crippen molar-refractivity contribution < 1.29 is 19.1 Å². The van der Waals surface area contributed by atoms with E-state index < -0.39 is 0 Å². The molecule has 2 aromatic carbocycles. The summed E-state index contributed by atoms with van der Waals surface area (Å²) in [5.41, 5.74) is 1.70. The van der Waals surface area contributed by atoms with E-state index in [-0.39, 0.29) is 0 Å². The van der Waals surface area contributed by atoms with Crippen molar-refractivity contribution in [3.63, 3.8) is 0 Å². The Balaban J connectivity index is 1.48. The van der Waals surface area contributed by atoms with Gasteiger partial charge in [0.25, 0.3) is 0 Å². The van der Waals surface area contributed by atoms with E-state index in [9.17, 15) is 0 Å². The van der Waals surface area contributed by atoms with E-state index in [1.165, 1.54) is 4.90 Å². The Bertz CT molecular complexity index is 942. The van der Waals surface area contributed by atoms with Crippen LogP contribution in [0.4, 0.5) is 29.2 Å². The van der Waals surface area contributed by atoms with Crippen molar-refractivity contribution in [1.29, 1.82) is 0 Å². The Morgan fingerprint density at radius 2 is 1.24 bits per heavy atom. The van der Waals surface area contributed by atoms with E-state index in [0.29, 0.717) is 17.8 Å². The Hall–Kier alpha value is -3.63. The lowest BCUT2D eigenvalue weighted by Crippen LogP contribution is -3.14. The van der Waals surface area contributed by atoms with Gasteiger partial charge < -0.3 is 35.1 Å². The van der Waals surface area contributed by atoms with Crippen molar-refractivity contribution in [3.8, 4) is 11.5 Å². The van der Waals surface area contributed by atoms with E-state index in [2.05, 4.69) is 30.9 Å². The number of hydrogen-bond donors (Lipinski definition) is 4. The van der Waals surface area contributed by atoms with Crippen molar-refractivity contribution in [2.24, 2.45) is 0 Å². The summed E-state index contributed by atoms with van der Waals surface area (Å²) in [7, 11) is 3.28. The fourth-order valence-electron chi connectivity index (χ4n) is 3.43. The van der Waals surface area contributed by atoms with Crippen LogP contribution in [-0.2, 0) is 4.74 Å². The van der Waals surface area contributed by atoms with Gasteiger partial charge in [-0.05, 0) is 48.5 Å². The summed E-state index contributed by atoms with van der Waals surface area (Å²) < 4.78 is 15.9. The van der Waals surface area contributed by atoms with E-state index >= 15 is 0 Å². The first-order chi connectivity index (χ1) is 16.2. The molecule has 1 fully saturated rings. The molecule has 2 heterocycles. The van der Waals surface area contributed by atoms with Gasteiger partial charge in [-0.1, -0.05) is 0 Å². The summed E-state index contributed by atoms with van der Waals surface area (Å²) in [6.07, 6.45) is 0. The highest BCUT2D eigenvalue weighted by atomic mass is 16.5. The molecule has 0 spiro atoms. The molecule has 0 amide bonds. The van der Waals surface area contributed by atoms with E-state index in [0.717, 1.165) is 62.3 Å². The third kappa shape index (κ3) is 6.67. The minimum absolute atomic E-state index is 0.437. The number of rotatable bonds is 10. The minimum atomic E-state index is 0.437. The van der Waals surface area contributed by atoms with Crippen LogP contribution in [0.1, 0.15) is 0 Å². The first kappa shape index (κ1) is 22.6. The number of ether oxygens (including phenoxy) is 3. The average Bonchev–Trinajstić information content (AvgIpc) is 2.85. The van der Waals surface area contributed by atoms with Gasteiger partial charge in [0.2, 0.25) is 17.8 Å². The zero-order valence-electron chi connectivity index (χ0n) is 18.9. The lowest BCUT2D eigenvalue weighted by Gasteiger charge is -2.23. The quantitative estimate of drug-likeness (QED) is 0.366. The summed E-state index contributed by atoms with van der Waals surface area (Å²) in [5, 5.41) is 9.82. The van der Waals surface area contributed by atoms with Crippen LogP contribution in [0.3, 0.4) is 0 Å². The van der Waals surface area contributed by atoms with Gasteiger partial charge >= 0.3 is 0 Å². The highest BCUT2D eigenvalue weighted by molar-refractivity contribution is 5.60. The van der Waals surface area contributed by atoms with Crippen LogP contribution in [-0.4, -0.2) is 68.6 Å². The van der Waals surface area contributed by atoms with Crippen molar-refractivity contribution in [2.45, 2.75) is 0 Å². The molecular formula is C23H30N7O3+. The molecule has 1 saturated heterocycles. The van der Waals surface area contributed by atoms with Crippen LogP contribution in [0.2, 0.25) is 0 Å². The maximum atomic E-state index is 5.43. The summed E-state index contributed by atoms with van der Waals surface area (Å²) in [4.78, 5) is 15.2. The molecule has 0 unspecified atom stereocenters. The van der Waals surface area contributed by atoms with Crippen LogP contribution in [0.25, 0.3) is 0 Å². The van der Waals surface area contributed by atoms with Crippen molar-refractivity contribution in [3.05, 3.63) is 48.5 Å². The summed E-state index contributed by atoms with van der Waals surface area (Å²) >= 11 is 0. The Labute approximate surface area is 193 Å². The van der Waals surface area contributed by atoms with Crippen LogP contribution in [0, 0.1) is 0 Å². The van der Waals surface area contributed by atoms with Crippen molar-refractivity contribution in [1.82, 2.24) is 15.0 Å². The molecule has 0 aliphatic carbocycles. The molecular weight excluding hydrogens is 422 g/mol. The summed E-state index contributed by atoms with van der Waals surface area (Å²) in [5.74, 6) is 2.95. The van der Waals surface area contributed by atoms with Crippen LogP contribution in [0.15, 0.2) is 48.5 Å². The molecule has 1 aromatic heterocycles. The first-order valence-electron chi connectivity index (χ1n) is 11.0. The molecule has 4 N–H and O–H groups in total. The first-order valence-corrected chi connectivity index (χ1v) is 11.0. The summed E-state index contributed by atoms with van der Waals surface area (Å²) in [6, 6.07) is 15.2. The smallest absolute Gasteiger partial charge is 0.233 e. The minimum Gasteiger partial charge on any atom is -0.497 e. The second-order valence-electron chi connectivity index (χ2n) is 7.55. The number of hydrogen-bond acceptors (Lipinski definition) is 9. The SMILES string of the molecule is COc1ccc(Nc2nc(NCC[NH+]3CCOCC3)nc(Nc3ccc(OC)cc3)n2)cc1. The summed E-state index contributed by atoms with van der Waals surface area (Å²) in [6.45, 7) is 5.39. The third-order valence-corrected chi connectivity index (χ3v) is 5.29. The largest absolute Gasteiger partial charge is 0.497 e. The predicted octanol–water partition coefficient (Wildman–Crippen LogP) is 1.70. The van der Waals surface area contributed by atoms with E-state index in [1.54, 1.807) is 14.2 Å². The molecule has 4 rings (SSSR count). The maximum Gasteiger partial charge on any atom is 0.233 e. The molecule has 0 bridgehead atoms. The molecule has 10 heteroatoms. The van der Waals surface area contributed by atoms with Crippen LogP contribution >= 0.6 is 0 Å². The standard InChI is InChI=1S/C23H29N7O3/c1-31-19-7-3-17(4-8-19)25-22-27-21(24-11-12-30-13-15-33-16-14-30)28-23(29-22)26-18-5-9-20(32-2)10-6-18/h3-10H,11-16H2,1-2H3,(H3,24,25,26,27,28,29)/p+1. The molecule has 0 saturated carbocycles. The number of morpholine rings is 1. The molecule has 3 aromatic rings. The van der Waals surface area contributed by atoms with Gasteiger partial charge in [0, 0.05) is 11.4 Å². The maximum absolute atomic E-state index is 5.43. The fourth-order valence-corrected chi connectivity index (χ4v) is 3.43. The molecule has 0 radical (unpaired) electrons. The zero-order valence-corrected chi connectivity index (χ0v) is 18.9. The molecule has 0 atom stereocenters. The number of aromatic nitrogens is 3. The van der Waals surface area contributed by atoms with Gasteiger partial charge in [-0.25, -0.2) is 0 Å². The lowest BCUT2D eigenvalue weighted by atomic mass is 10.3. The molecule has 1 aliphatic rings. The Kier molecular flexibility index (Phi) is 7.72. The monoisotopic (exact) mass is 452 g/mol. The van der Waals surface area contributed by atoms with E-state index in [4.69, 9.17) is 14.2 Å². The number of anilines is 5. The number of quaternary nitrogens is 1. The number of nitrogens with zero attached hydrogens (tertiary/aromatic N) is 3. The highest BCUT2D eigenvalue weighted by Gasteiger charge is 2.14. The second-order valence-corrected chi connectivity index (χ2v) is 7.55. The van der Waals surface area contributed by atoms with Gasteiger partial charge in [0.15, 0.2) is 0 Å². The van der Waals surface area contributed by atoms with Gasteiger partial charge in [-0.2, -0.15) is 15.0 Å². The number of benzene rings is 2. The molecule has 10 nitrogen and oxygen atoms in total. The third-order valence-electron chi connectivity index (χ3n) is 5.29. The van der Waals surface area contributed by atoms with Gasteiger partial charge in [0.1, 0.15) is 24.6 Å². The van der Waals surface area contributed by atoms with Crippen LogP contribution < -0.4 is 30.3 Å². The van der Waals surface area contributed by atoms with Gasteiger partial charge in [-0.3, -0.25) is 0 Å². The number of nitrogens with one attached hydrogen (secondary N) is 4. The van der Waals surface area contributed by atoms with Gasteiger partial charge in [0.05, 0.1) is 40.5 Å². The van der Waals surface area contributed by atoms with Crippen LogP contribution in [0.5, 0.6) is 11.5 Å². The topological polar surface area (TPSA) is 107 Å².